The van der Waals surface area contributed by atoms with E-state index in [-0.39, 0.29) is 11.7 Å². The fourth-order valence-corrected chi connectivity index (χ4v) is 4.13. The van der Waals surface area contributed by atoms with Gasteiger partial charge in [0.15, 0.2) is 0 Å². The van der Waals surface area contributed by atoms with Crippen LogP contribution in [0.2, 0.25) is 0 Å². The van der Waals surface area contributed by atoms with E-state index in [1.807, 2.05) is 13.0 Å². The van der Waals surface area contributed by atoms with Crippen LogP contribution in [-0.2, 0) is 0 Å². The maximum atomic E-state index is 13.9. The molecule has 1 saturated heterocycles. The molecule has 23 heavy (non-hydrogen) atoms. The van der Waals surface area contributed by atoms with Crippen LogP contribution in [0, 0.1) is 12.7 Å². The Morgan fingerprint density at radius 2 is 2.17 bits per heavy atom. The molecular formula is C17H22FN3OS. The number of piperazine rings is 1. The number of amides is 1. The van der Waals surface area contributed by atoms with Crippen LogP contribution < -0.4 is 10.6 Å². The van der Waals surface area contributed by atoms with Gasteiger partial charge >= 0.3 is 0 Å². The third kappa shape index (κ3) is 3.71. The number of benzene rings is 1. The van der Waals surface area contributed by atoms with Crippen molar-refractivity contribution in [3.63, 3.8) is 0 Å². The average molecular weight is 335 g/mol. The van der Waals surface area contributed by atoms with Gasteiger partial charge in [0.05, 0.1) is 4.88 Å². The quantitative estimate of drug-likeness (QED) is 0.825. The second kappa shape index (κ2) is 7.38. The summed E-state index contributed by atoms with van der Waals surface area (Å²) in [7, 11) is 0. The first-order valence-electron chi connectivity index (χ1n) is 8.05. The standard InChI is InChI=1S/C17H22FN3OS/c1-12-15-13(18)4-2-5-14(15)23-16(12)17(22)20-6-3-9-21-10-7-19-8-11-21/h2,4-5,19H,3,6-11H2,1H3,(H,20,22). The van der Waals surface area contributed by atoms with Crippen LogP contribution in [0.4, 0.5) is 4.39 Å². The lowest BCUT2D eigenvalue weighted by atomic mass is 10.1. The van der Waals surface area contributed by atoms with Crippen molar-refractivity contribution in [2.75, 3.05) is 39.3 Å². The van der Waals surface area contributed by atoms with Gasteiger partial charge in [-0.05, 0) is 37.6 Å². The molecule has 0 radical (unpaired) electrons. The molecule has 0 bridgehead atoms. The number of hydrogen-bond donors (Lipinski definition) is 2. The normalized spacial score (nSPS) is 15.9. The van der Waals surface area contributed by atoms with Gasteiger partial charge in [0.25, 0.3) is 5.91 Å². The van der Waals surface area contributed by atoms with Crippen LogP contribution in [-0.4, -0.2) is 50.1 Å². The molecule has 1 aliphatic heterocycles. The van der Waals surface area contributed by atoms with Crippen molar-refractivity contribution in [2.45, 2.75) is 13.3 Å². The minimum Gasteiger partial charge on any atom is -0.351 e. The largest absolute Gasteiger partial charge is 0.351 e. The molecule has 1 aliphatic rings. The highest BCUT2D eigenvalue weighted by molar-refractivity contribution is 7.21. The molecule has 1 amide bonds. The monoisotopic (exact) mass is 335 g/mol. The minimum atomic E-state index is -0.256. The van der Waals surface area contributed by atoms with Crippen molar-refractivity contribution < 1.29 is 9.18 Å². The summed E-state index contributed by atoms with van der Waals surface area (Å²) in [4.78, 5) is 15.4. The molecule has 3 rings (SSSR count). The topological polar surface area (TPSA) is 44.4 Å². The van der Waals surface area contributed by atoms with E-state index in [4.69, 9.17) is 0 Å². The second-order valence-corrected chi connectivity index (χ2v) is 6.92. The predicted octanol–water partition coefficient (Wildman–Crippen LogP) is 2.37. The maximum absolute atomic E-state index is 13.9. The van der Waals surface area contributed by atoms with Gasteiger partial charge in [0, 0.05) is 42.8 Å². The van der Waals surface area contributed by atoms with Crippen LogP contribution >= 0.6 is 11.3 Å². The molecule has 2 N–H and O–H groups in total. The van der Waals surface area contributed by atoms with Crippen molar-refractivity contribution in [1.82, 2.24) is 15.5 Å². The molecule has 1 fully saturated rings. The van der Waals surface area contributed by atoms with E-state index in [1.165, 1.54) is 17.4 Å². The van der Waals surface area contributed by atoms with Crippen molar-refractivity contribution in [3.05, 3.63) is 34.5 Å². The van der Waals surface area contributed by atoms with Gasteiger partial charge in [-0.15, -0.1) is 11.3 Å². The van der Waals surface area contributed by atoms with Crippen molar-refractivity contribution in [1.29, 1.82) is 0 Å². The molecule has 0 spiro atoms. The molecule has 1 aromatic carbocycles. The van der Waals surface area contributed by atoms with Crippen LogP contribution in [0.5, 0.6) is 0 Å². The van der Waals surface area contributed by atoms with E-state index in [0.717, 1.165) is 49.4 Å². The van der Waals surface area contributed by atoms with Gasteiger partial charge in [-0.2, -0.15) is 0 Å². The van der Waals surface area contributed by atoms with Crippen LogP contribution in [0.25, 0.3) is 10.1 Å². The fraction of sp³-hybridized carbons (Fsp3) is 0.471. The summed E-state index contributed by atoms with van der Waals surface area (Å²) in [6.07, 6.45) is 0.935. The smallest absolute Gasteiger partial charge is 0.261 e. The Balaban J connectivity index is 1.56. The van der Waals surface area contributed by atoms with Crippen molar-refractivity contribution in [3.8, 4) is 0 Å². The summed E-state index contributed by atoms with van der Waals surface area (Å²) in [6.45, 7) is 7.70. The number of nitrogens with zero attached hydrogens (tertiary/aromatic N) is 1. The first-order chi connectivity index (χ1) is 11.2. The van der Waals surface area contributed by atoms with Crippen LogP contribution in [0.15, 0.2) is 18.2 Å². The number of nitrogens with one attached hydrogen (secondary N) is 2. The molecule has 0 unspecified atom stereocenters. The van der Waals surface area contributed by atoms with Crippen molar-refractivity contribution in [2.24, 2.45) is 0 Å². The summed E-state index contributed by atoms with van der Waals surface area (Å²) >= 11 is 1.36. The average Bonchev–Trinajstić information content (AvgIpc) is 2.91. The Bertz CT molecular complexity index is 694. The summed E-state index contributed by atoms with van der Waals surface area (Å²) in [5.41, 5.74) is 0.739. The minimum absolute atomic E-state index is 0.0941. The van der Waals surface area contributed by atoms with Crippen LogP contribution in [0.3, 0.4) is 0 Å². The van der Waals surface area contributed by atoms with Gasteiger partial charge in [0.1, 0.15) is 5.82 Å². The summed E-state index contributed by atoms with van der Waals surface area (Å²) in [5, 5.41) is 6.87. The lowest BCUT2D eigenvalue weighted by molar-refractivity contribution is 0.0955. The predicted molar refractivity (Wildman–Crippen MR) is 92.8 cm³/mol. The Morgan fingerprint density at radius 1 is 1.39 bits per heavy atom. The molecular weight excluding hydrogens is 313 g/mol. The van der Waals surface area contributed by atoms with Crippen LogP contribution in [0.1, 0.15) is 21.7 Å². The SMILES string of the molecule is Cc1c(C(=O)NCCCN2CCNCC2)sc2cccc(F)c12. The molecule has 6 heteroatoms. The molecule has 4 nitrogen and oxygen atoms in total. The van der Waals surface area contributed by atoms with E-state index < -0.39 is 0 Å². The Morgan fingerprint density at radius 3 is 2.91 bits per heavy atom. The summed E-state index contributed by atoms with van der Waals surface area (Å²) < 4.78 is 14.7. The highest BCUT2D eigenvalue weighted by atomic mass is 32.1. The highest BCUT2D eigenvalue weighted by Crippen LogP contribution is 2.32. The molecule has 2 heterocycles. The number of thiophene rings is 1. The third-order valence-corrected chi connectivity index (χ3v) is 5.51. The van der Waals surface area contributed by atoms with E-state index in [1.54, 1.807) is 6.07 Å². The van der Waals surface area contributed by atoms with Crippen molar-refractivity contribution >= 4 is 27.3 Å². The summed E-state index contributed by atoms with van der Waals surface area (Å²) in [5.74, 6) is -0.350. The summed E-state index contributed by atoms with van der Waals surface area (Å²) in [6, 6.07) is 4.98. The maximum Gasteiger partial charge on any atom is 0.261 e. The number of rotatable bonds is 5. The van der Waals surface area contributed by atoms with Gasteiger partial charge in [0.2, 0.25) is 0 Å². The first kappa shape index (κ1) is 16.4. The van der Waals surface area contributed by atoms with E-state index in [2.05, 4.69) is 15.5 Å². The van der Waals surface area contributed by atoms with Gasteiger partial charge in [-0.3, -0.25) is 4.79 Å². The molecule has 0 aliphatic carbocycles. The second-order valence-electron chi connectivity index (χ2n) is 5.87. The number of hydrogen-bond acceptors (Lipinski definition) is 4. The fourth-order valence-electron chi connectivity index (χ4n) is 2.99. The highest BCUT2D eigenvalue weighted by Gasteiger charge is 2.17. The zero-order valence-corrected chi connectivity index (χ0v) is 14.1. The Hall–Kier alpha value is -1.50. The molecule has 2 aromatic rings. The van der Waals surface area contributed by atoms with Gasteiger partial charge in [-0.1, -0.05) is 6.07 Å². The van der Waals surface area contributed by atoms with Gasteiger partial charge < -0.3 is 15.5 Å². The molecule has 0 atom stereocenters. The zero-order valence-electron chi connectivity index (χ0n) is 13.3. The van der Waals surface area contributed by atoms with E-state index >= 15 is 0 Å². The van der Waals surface area contributed by atoms with Gasteiger partial charge in [-0.25, -0.2) is 4.39 Å². The number of carbonyl (C=O) groups excluding carboxylic acids is 1. The number of halogens is 1. The number of fused-ring (bicyclic) bond motifs is 1. The third-order valence-electron chi connectivity index (χ3n) is 4.26. The Labute approximate surface area is 139 Å². The molecule has 124 valence electrons. The lowest BCUT2D eigenvalue weighted by Gasteiger charge is -2.27. The molecule has 1 aromatic heterocycles. The first-order valence-corrected chi connectivity index (χ1v) is 8.87. The zero-order chi connectivity index (χ0) is 16.2. The number of carbonyl (C=O) groups is 1. The lowest BCUT2D eigenvalue weighted by Crippen LogP contribution is -2.44. The van der Waals surface area contributed by atoms with E-state index in [0.29, 0.717) is 16.8 Å². The molecule has 0 saturated carbocycles. The Kier molecular flexibility index (Phi) is 5.25. The number of aryl methyl sites for hydroxylation is 1. The van der Waals surface area contributed by atoms with E-state index in [9.17, 15) is 9.18 Å².